The first-order valence-electron chi connectivity index (χ1n) is 8.52. The van der Waals surface area contributed by atoms with Crippen LogP contribution in [0.25, 0.3) is 10.9 Å². The van der Waals surface area contributed by atoms with Crippen LogP contribution < -0.4 is 0 Å². The molecule has 0 spiro atoms. The predicted octanol–water partition coefficient (Wildman–Crippen LogP) is 5.53. The number of alkyl halides is 3. The highest BCUT2D eigenvalue weighted by Gasteiger charge is 2.37. The first-order chi connectivity index (χ1) is 12.3. The van der Waals surface area contributed by atoms with Crippen LogP contribution in [0.1, 0.15) is 40.3 Å². The Bertz CT molecular complexity index is 848. The van der Waals surface area contributed by atoms with Crippen molar-refractivity contribution in [3.63, 3.8) is 0 Å². The molecule has 0 bridgehead atoms. The number of carbonyl (C=O) groups excluding carboxylic acids is 2. The third-order valence-electron chi connectivity index (χ3n) is 3.82. The number of aromatic nitrogens is 1. The summed E-state index contributed by atoms with van der Waals surface area (Å²) in [6, 6.07) is 9.01. The number of hydrogen-bond donors (Lipinski definition) is 0. The van der Waals surface area contributed by atoms with E-state index in [0.717, 1.165) is 5.39 Å². The number of halogens is 3. The minimum absolute atomic E-state index is 0.0956. The molecule has 0 saturated heterocycles. The number of amides is 1. The summed E-state index contributed by atoms with van der Waals surface area (Å²) in [6.45, 7) is 9.11. The fourth-order valence-electron chi connectivity index (χ4n) is 2.68. The Morgan fingerprint density at radius 1 is 1.15 bits per heavy atom. The van der Waals surface area contributed by atoms with E-state index in [-0.39, 0.29) is 12.6 Å². The Morgan fingerprint density at radius 2 is 1.74 bits per heavy atom. The summed E-state index contributed by atoms with van der Waals surface area (Å²) in [4.78, 5) is 26.8. The van der Waals surface area contributed by atoms with E-state index in [1.807, 2.05) is 44.2 Å². The zero-order valence-corrected chi connectivity index (χ0v) is 18.2. The Morgan fingerprint density at radius 3 is 2.26 bits per heavy atom. The number of hydrogen-bond acceptors (Lipinski definition) is 3. The molecule has 1 heterocycles. The number of ether oxygens (including phenoxy) is 1. The van der Waals surface area contributed by atoms with Gasteiger partial charge in [0.05, 0.1) is 12.1 Å². The number of rotatable bonds is 3. The molecule has 0 radical (unpaired) electrons. The van der Waals surface area contributed by atoms with E-state index in [4.69, 9.17) is 39.5 Å². The summed E-state index contributed by atoms with van der Waals surface area (Å²) < 4.78 is 4.93. The van der Waals surface area contributed by atoms with E-state index in [0.29, 0.717) is 11.2 Å². The van der Waals surface area contributed by atoms with Crippen LogP contribution >= 0.6 is 34.8 Å². The van der Waals surface area contributed by atoms with Crippen molar-refractivity contribution in [1.29, 1.82) is 0 Å². The third-order valence-corrected chi connectivity index (χ3v) is 4.31. The van der Waals surface area contributed by atoms with Crippen LogP contribution in [0, 0.1) is 0 Å². The molecule has 5 nitrogen and oxygen atoms in total. The van der Waals surface area contributed by atoms with Crippen molar-refractivity contribution in [2.24, 2.45) is 0 Å². The molecule has 0 fully saturated rings. The molecule has 0 unspecified atom stereocenters. The Kier molecular flexibility index (Phi) is 6.40. The molecule has 0 atom stereocenters. The molecule has 0 aliphatic rings. The van der Waals surface area contributed by atoms with Gasteiger partial charge in [-0.2, -0.15) is 0 Å². The summed E-state index contributed by atoms with van der Waals surface area (Å²) in [5, 5.41) is 0.850. The average molecular weight is 434 g/mol. The quantitative estimate of drug-likeness (QED) is 0.598. The van der Waals surface area contributed by atoms with Crippen LogP contribution in [0.2, 0.25) is 0 Å². The van der Waals surface area contributed by atoms with Crippen molar-refractivity contribution in [2.45, 2.75) is 56.6 Å². The maximum Gasteiger partial charge on any atom is 0.419 e. The van der Waals surface area contributed by atoms with Gasteiger partial charge >= 0.3 is 6.09 Å². The van der Waals surface area contributed by atoms with E-state index in [1.54, 1.807) is 20.8 Å². The van der Waals surface area contributed by atoms with Crippen molar-refractivity contribution in [3.05, 3.63) is 36.0 Å². The van der Waals surface area contributed by atoms with Crippen LogP contribution in [0.4, 0.5) is 4.79 Å². The lowest BCUT2D eigenvalue weighted by Crippen LogP contribution is -2.43. The number of nitrogens with zero attached hydrogens (tertiary/aromatic N) is 2. The first-order valence-corrected chi connectivity index (χ1v) is 9.65. The summed E-state index contributed by atoms with van der Waals surface area (Å²) in [5.41, 5.74) is 0.596. The van der Waals surface area contributed by atoms with Crippen LogP contribution in [0.5, 0.6) is 0 Å². The monoisotopic (exact) mass is 432 g/mol. The Hall–Kier alpha value is -1.43. The SMILES string of the molecule is CC(C)N(Cc1cc2ccccc2n1C(=O)OC(C)(C)C)C(=O)C(Cl)(Cl)Cl. The highest BCUT2D eigenvalue weighted by molar-refractivity contribution is 6.76. The van der Waals surface area contributed by atoms with Gasteiger partial charge in [0, 0.05) is 17.1 Å². The molecule has 1 aromatic heterocycles. The fraction of sp³-hybridized carbons (Fsp3) is 0.474. The normalized spacial score (nSPS) is 12.5. The maximum atomic E-state index is 12.8. The molecular formula is C19H23Cl3N2O3. The van der Waals surface area contributed by atoms with Gasteiger partial charge in [-0.15, -0.1) is 0 Å². The van der Waals surface area contributed by atoms with Crippen LogP contribution in [0.15, 0.2) is 30.3 Å². The second-order valence-electron chi connectivity index (χ2n) is 7.53. The van der Waals surface area contributed by atoms with Gasteiger partial charge in [0.15, 0.2) is 0 Å². The minimum atomic E-state index is -2.08. The van der Waals surface area contributed by atoms with Crippen molar-refractivity contribution in [3.8, 4) is 0 Å². The Labute approximate surface area is 174 Å². The molecule has 0 saturated carbocycles. The second-order valence-corrected chi connectivity index (χ2v) is 9.82. The van der Waals surface area contributed by atoms with Crippen molar-refractivity contribution < 1.29 is 14.3 Å². The molecule has 2 rings (SSSR count). The van der Waals surface area contributed by atoms with Crippen molar-refractivity contribution >= 4 is 57.7 Å². The van der Waals surface area contributed by atoms with E-state index in [1.165, 1.54) is 9.47 Å². The third kappa shape index (κ3) is 5.31. The molecule has 0 aliphatic heterocycles. The molecule has 2 aromatic rings. The van der Waals surface area contributed by atoms with Gasteiger partial charge in [0.1, 0.15) is 5.60 Å². The minimum Gasteiger partial charge on any atom is -0.443 e. The smallest absolute Gasteiger partial charge is 0.419 e. The highest BCUT2D eigenvalue weighted by Crippen LogP contribution is 2.31. The van der Waals surface area contributed by atoms with Gasteiger partial charge < -0.3 is 9.64 Å². The number of fused-ring (bicyclic) bond motifs is 1. The van der Waals surface area contributed by atoms with Crippen molar-refractivity contribution in [1.82, 2.24) is 9.47 Å². The highest BCUT2D eigenvalue weighted by atomic mass is 35.6. The largest absolute Gasteiger partial charge is 0.443 e. The van der Waals surface area contributed by atoms with Gasteiger partial charge in [-0.25, -0.2) is 9.36 Å². The second kappa shape index (κ2) is 7.90. The van der Waals surface area contributed by atoms with Crippen LogP contribution in [0.3, 0.4) is 0 Å². The summed E-state index contributed by atoms with van der Waals surface area (Å²) in [5.74, 6) is -0.650. The molecule has 8 heteroatoms. The van der Waals surface area contributed by atoms with E-state index in [9.17, 15) is 9.59 Å². The van der Waals surface area contributed by atoms with Crippen molar-refractivity contribution in [2.75, 3.05) is 0 Å². The Balaban J connectivity index is 2.52. The average Bonchev–Trinajstić information content (AvgIpc) is 2.87. The van der Waals surface area contributed by atoms with Crippen LogP contribution in [-0.4, -0.2) is 36.9 Å². The van der Waals surface area contributed by atoms with Gasteiger partial charge in [0.25, 0.3) is 9.70 Å². The molecule has 1 aromatic carbocycles. The first kappa shape index (κ1) is 21.9. The van der Waals surface area contributed by atoms with Gasteiger partial charge in [-0.3, -0.25) is 4.79 Å². The lowest BCUT2D eigenvalue weighted by molar-refractivity contribution is -0.132. The molecule has 0 aliphatic carbocycles. The lowest BCUT2D eigenvalue weighted by atomic mass is 10.2. The van der Waals surface area contributed by atoms with Gasteiger partial charge in [-0.05, 0) is 46.8 Å². The molecule has 1 amide bonds. The zero-order valence-electron chi connectivity index (χ0n) is 15.9. The lowest BCUT2D eigenvalue weighted by Gasteiger charge is -2.30. The van der Waals surface area contributed by atoms with Gasteiger partial charge in [-0.1, -0.05) is 53.0 Å². The molecular weight excluding hydrogens is 411 g/mol. The van der Waals surface area contributed by atoms with E-state index < -0.39 is 21.4 Å². The number of para-hydroxylation sites is 1. The standard InChI is InChI=1S/C19H23Cl3N2O3/c1-12(2)23(16(25)19(20,21)22)11-14-10-13-8-6-7-9-15(13)24(14)17(26)27-18(3,4)5/h6-10,12H,11H2,1-5H3. The topological polar surface area (TPSA) is 51.5 Å². The van der Waals surface area contributed by atoms with E-state index >= 15 is 0 Å². The van der Waals surface area contributed by atoms with E-state index in [2.05, 4.69) is 0 Å². The summed E-state index contributed by atoms with van der Waals surface area (Å²) in [7, 11) is 0. The summed E-state index contributed by atoms with van der Waals surface area (Å²) in [6.07, 6.45) is -0.524. The maximum absolute atomic E-state index is 12.8. The predicted molar refractivity (Wildman–Crippen MR) is 110 cm³/mol. The molecule has 27 heavy (non-hydrogen) atoms. The molecule has 148 valence electrons. The number of benzene rings is 1. The van der Waals surface area contributed by atoms with Gasteiger partial charge in [0.2, 0.25) is 0 Å². The number of carbonyl (C=O) groups is 2. The van der Waals surface area contributed by atoms with Crippen LogP contribution in [-0.2, 0) is 16.1 Å². The summed E-state index contributed by atoms with van der Waals surface area (Å²) >= 11 is 17.4. The zero-order chi connectivity index (χ0) is 20.6. The molecule has 0 N–H and O–H groups in total. The fourth-order valence-corrected chi connectivity index (χ4v) is 3.00.